The summed E-state index contributed by atoms with van der Waals surface area (Å²) in [6.07, 6.45) is 5.64. The number of thioether (sulfide) groups is 1. The van der Waals surface area contributed by atoms with Crippen LogP contribution in [0.2, 0.25) is 0 Å². The lowest BCUT2D eigenvalue weighted by atomic mass is 10.2. The molecule has 0 unspecified atom stereocenters. The van der Waals surface area contributed by atoms with Crippen molar-refractivity contribution in [3.63, 3.8) is 0 Å². The maximum atomic E-state index is 3.59. The summed E-state index contributed by atoms with van der Waals surface area (Å²) in [4.78, 5) is 0. The van der Waals surface area contributed by atoms with Crippen molar-refractivity contribution in [2.24, 2.45) is 5.41 Å². The van der Waals surface area contributed by atoms with E-state index in [1.165, 1.54) is 42.5 Å². The lowest BCUT2D eigenvalue weighted by molar-refractivity contribution is 0.685. The van der Waals surface area contributed by atoms with E-state index in [9.17, 15) is 0 Å². The van der Waals surface area contributed by atoms with Crippen LogP contribution in [0.3, 0.4) is 0 Å². The van der Waals surface area contributed by atoms with Gasteiger partial charge in [-0.05, 0) is 36.2 Å². The van der Waals surface area contributed by atoms with E-state index in [-0.39, 0.29) is 0 Å². The molecule has 0 aromatic rings. The van der Waals surface area contributed by atoms with Gasteiger partial charge in [-0.25, -0.2) is 0 Å². The summed E-state index contributed by atoms with van der Waals surface area (Å²) in [5.41, 5.74) is 0.721. The Morgan fingerprint density at radius 1 is 1.45 bits per heavy atom. The first-order valence-corrected chi connectivity index (χ1v) is 6.74. The highest BCUT2D eigenvalue weighted by molar-refractivity contribution is 9.09. The van der Waals surface area contributed by atoms with Crippen molar-refractivity contribution in [2.75, 3.05) is 16.8 Å². The Morgan fingerprint density at radius 2 is 2.18 bits per heavy atom. The molecule has 0 bridgehead atoms. The molecule has 0 atom stereocenters. The molecule has 0 amide bonds. The second-order valence-electron chi connectivity index (χ2n) is 3.54. The number of halogens is 1. The van der Waals surface area contributed by atoms with Crippen molar-refractivity contribution >= 4 is 27.7 Å². The Kier molecular flexibility index (Phi) is 4.29. The smallest absolute Gasteiger partial charge is 0.00958 e. The molecule has 0 aliphatic heterocycles. The van der Waals surface area contributed by atoms with Crippen LogP contribution >= 0.6 is 27.7 Å². The number of hydrogen-bond donors (Lipinski definition) is 0. The monoisotopic (exact) mass is 236 g/mol. The van der Waals surface area contributed by atoms with Gasteiger partial charge in [0.2, 0.25) is 0 Å². The zero-order valence-electron chi connectivity index (χ0n) is 7.24. The first-order chi connectivity index (χ1) is 5.33. The van der Waals surface area contributed by atoms with Gasteiger partial charge in [-0.2, -0.15) is 11.8 Å². The Balaban J connectivity index is 1.94. The highest BCUT2D eigenvalue weighted by Crippen LogP contribution is 2.49. The van der Waals surface area contributed by atoms with Gasteiger partial charge < -0.3 is 0 Å². The highest BCUT2D eigenvalue weighted by Gasteiger charge is 2.40. The average molecular weight is 237 g/mol. The molecule has 66 valence electrons. The molecule has 1 aliphatic rings. The molecule has 1 aliphatic carbocycles. The Morgan fingerprint density at radius 3 is 2.64 bits per heavy atom. The number of rotatable bonds is 6. The minimum atomic E-state index is 0.721. The molecule has 0 aromatic heterocycles. The topological polar surface area (TPSA) is 0 Å². The predicted molar refractivity (Wildman–Crippen MR) is 57.7 cm³/mol. The van der Waals surface area contributed by atoms with Gasteiger partial charge in [0.1, 0.15) is 0 Å². The summed E-state index contributed by atoms with van der Waals surface area (Å²) in [5.74, 6) is 2.75. The third-order valence-electron chi connectivity index (χ3n) is 2.29. The summed E-state index contributed by atoms with van der Waals surface area (Å²) in [6.45, 7) is 2.26. The normalized spacial score (nSPS) is 20.2. The molecular weight excluding hydrogens is 220 g/mol. The second kappa shape index (κ2) is 4.76. The van der Waals surface area contributed by atoms with Crippen LogP contribution < -0.4 is 0 Å². The van der Waals surface area contributed by atoms with E-state index < -0.39 is 0 Å². The van der Waals surface area contributed by atoms with Crippen LogP contribution in [-0.4, -0.2) is 16.8 Å². The van der Waals surface area contributed by atoms with E-state index in [1.54, 1.807) is 0 Å². The van der Waals surface area contributed by atoms with Crippen LogP contribution in [0.15, 0.2) is 0 Å². The molecular formula is C9H17BrS. The maximum absolute atomic E-state index is 3.59. The summed E-state index contributed by atoms with van der Waals surface area (Å²) in [6, 6.07) is 0. The summed E-state index contributed by atoms with van der Waals surface area (Å²) in [5, 5.41) is 1.22. The molecule has 1 fully saturated rings. The van der Waals surface area contributed by atoms with E-state index in [0.717, 1.165) is 5.41 Å². The fraction of sp³-hybridized carbons (Fsp3) is 1.00. The second-order valence-corrected chi connectivity index (χ2v) is 5.21. The van der Waals surface area contributed by atoms with E-state index in [4.69, 9.17) is 0 Å². The van der Waals surface area contributed by atoms with Gasteiger partial charge in [-0.1, -0.05) is 29.3 Å². The molecule has 11 heavy (non-hydrogen) atoms. The van der Waals surface area contributed by atoms with Crippen molar-refractivity contribution in [3.05, 3.63) is 0 Å². The molecule has 1 rings (SSSR count). The molecule has 0 radical (unpaired) electrons. The maximum Gasteiger partial charge on any atom is 0.00958 e. The molecule has 0 saturated heterocycles. The van der Waals surface area contributed by atoms with E-state index in [1.807, 2.05) is 0 Å². The van der Waals surface area contributed by atoms with Crippen molar-refractivity contribution in [3.8, 4) is 0 Å². The highest BCUT2D eigenvalue weighted by atomic mass is 79.9. The first kappa shape index (κ1) is 9.91. The van der Waals surface area contributed by atoms with E-state index in [2.05, 4.69) is 34.6 Å². The van der Waals surface area contributed by atoms with Crippen molar-refractivity contribution in [1.82, 2.24) is 0 Å². The SMILES string of the molecule is CCCCSCC1(CBr)CC1. The summed E-state index contributed by atoms with van der Waals surface area (Å²) >= 11 is 5.73. The molecule has 0 nitrogen and oxygen atoms in total. The van der Waals surface area contributed by atoms with Crippen LogP contribution in [0, 0.1) is 5.41 Å². The fourth-order valence-corrected chi connectivity index (χ4v) is 3.51. The quantitative estimate of drug-likeness (QED) is 0.501. The Bertz CT molecular complexity index is 110. The number of unbranched alkanes of at least 4 members (excludes halogenated alkanes) is 1. The molecule has 0 N–H and O–H groups in total. The van der Waals surface area contributed by atoms with Crippen LogP contribution in [0.1, 0.15) is 32.6 Å². The minimum Gasteiger partial charge on any atom is -0.161 e. The summed E-state index contributed by atoms with van der Waals surface area (Å²) in [7, 11) is 0. The van der Waals surface area contributed by atoms with Crippen LogP contribution in [-0.2, 0) is 0 Å². The van der Waals surface area contributed by atoms with Gasteiger partial charge in [0.05, 0.1) is 0 Å². The standard InChI is InChI=1S/C9H17BrS/c1-2-3-6-11-8-9(7-10)4-5-9/h2-8H2,1H3. The van der Waals surface area contributed by atoms with Crippen LogP contribution in [0.4, 0.5) is 0 Å². The van der Waals surface area contributed by atoms with Gasteiger partial charge in [0.15, 0.2) is 0 Å². The van der Waals surface area contributed by atoms with Crippen molar-refractivity contribution in [1.29, 1.82) is 0 Å². The number of alkyl halides is 1. The summed E-state index contributed by atoms with van der Waals surface area (Å²) < 4.78 is 0. The largest absolute Gasteiger partial charge is 0.161 e. The van der Waals surface area contributed by atoms with Gasteiger partial charge in [0.25, 0.3) is 0 Å². The minimum absolute atomic E-state index is 0.721. The third-order valence-corrected chi connectivity index (χ3v) is 4.87. The van der Waals surface area contributed by atoms with E-state index in [0.29, 0.717) is 0 Å². The molecule has 2 heteroatoms. The first-order valence-electron chi connectivity index (χ1n) is 4.47. The lowest BCUT2D eigenvalue weighted by Gasteiger charge is -2.09. The van der Waals surface area contributed by atoms with Gasteiger partial charge >= 0.3 is 0 Å². The molecule has 1 saturated carbocycles. The third kappa shape index (κ3) is 3.37. The molecule has 0 aromatic carbocycles. The predicted octanol–water partition coefficient (Wildman–Crippen LogP) is 3.69. The van der Waals surface area contributed by atoms with Crippen molar-refractivity contribution in [2.45, 2.75) is 32.6 Å². The van der Waals surface area contributed by atoms with Gasteiger partial charge in [-0.15, -0.1) is 0 Å². The molecule has 0 spiro atoms. The fourth-order valence-electron chi connectivity index (χ4n) is 1.03. The Labute approximate surface area is 82.6 Å². The Hall–Kier alpha value is 0.830. The zero-order chi connectivity index (χ0) is 8.16. The van der Waals surface area contributed by atoms with Crippen molar-refractivity contribution < 1.29 is 0 Å². The lowest BCUT2D eigenvalue weighted by Crippen LogP contribution is -2.05. The average Bonchev–Trinajstić information content (AvgIpc) is 2.80. The van der Waals surface area contributed by atoms with Gasteiger partial charge in [-0.3, -0.25) is 0 Å². The van der Waals surface area contributed by atoms with Crippen LogP contribution in [0.5, 0.6) is 0 Å². The number of hydrogen-bond acceptors (Lipinski definition) is 1. The molecule has 0 heterocycles. The van der Waals surface area contributed by atoms with Gasteiger partial charge in [0, 0.05) is 5.33 Å². The van der Waals surface area contributed by atoms with Crippen LogP contribution in [0.25, 0.3) is 0 Å². The van der Waals surface area contributed by atoms with E-state index >= 15 is 0 Å². The zero-order valence-corrected chi connectivity index (χ0v) is 9.64.